The van der Waals surface area contributed by atoms with Crippen LogP contribution in [-0.2, 0) is 10.0 Å². The molecule has 0 amide bonds. The fourth-order valence-corrected chi connectivity index (χ4v) is 4.22. The molecule has 0 aromatic heterocycles. The van der Waals surface area contributed by atoms with Crippen molar-refractivity contribution in [1.82, 2.24) is 9.62 Å². The number of hydrogen-bond donors (Lipinski definition) is 1. The van der Waals surface area contributed by atoms with E-state index in [-0.39, 0.29) is 11.3 Å². The highest BCUT2D eigenvalue weighted by molar-refractivity contribution is 7.89. The van der Waals surface area contributed by atoms with E-state index in [0.717, 1.165) is 12.8 Å². The van der Waals surface area contributed by atoms with Crippen molar-refractivity contribution >= 4 is 10.0 Å². The molecule has 0 bridgehead atoms. The zero-order chi connectivity index (χ0) is 13.9. The maximum absolute atomic E-state index is 12.5. The van der Waals surface area contributed by atoms with Gasteiger partial charge >= 0.3 is 0 Å². The number of nitrogens with zero attached hydrogens (tertiary/aromatic N) is 1. The van der Waals surface area contributed by atoms with Crippen LogP contribution in [-0.4, -0.2) is 43.1 Å². The van der Waals surface area contributed by atoms with E-state index in [1.165, 1.54) is 0 Å². The second kappa shape index (κ2) is 6.35. The first-order valence-corrected chi connectivity index (χ1v) is 8.51. The molecule has 1 heterocycles. The Morgan fingerprint density at radius 1 is 1.28 bits per heavy atom. The lowest BCUT2D eigenvalue weighted by atomic mass is 9.94. The molecule has 5 heteroatoms. The molecule has 4 nitrogen and oxygen atoms in total. The Morgan fingerprint density at radius 2 is 1.89 bits per heavy atom. The Morgan fingerprint density at radius 3 is 2.44 bits per heavy atom. The topological polar surface area (TPSA) is 49.4 Å². The largest absolute Gasteiger partial charge is 0.313 e. The van der Waals surface area contributed by atoms with Crippen molar-refractivity contribution in [3.05, 3.63) is 0 Å². The van der Waals surface area contributed by atoms with Crippen LogP contribution in [0.15, 0.2) is 0 Å². The molecule has 3 unspecified atom stereocenters. The van der Waals surface area contributed by atoms with Gasteiger partial charge in [0, 0.05) is 25.2 Å². The lowest BCUT2D eigenvalue weighted by molar-refractivity contribution is 0.200. The minimum Gasteiger partial charge on any atom is -0.313 e. The Labute approximate surface area is 112 Å². The Bertz CT molecular complexity index is 354. The van der Waals surface area contributed by atoms with Crippen molar-refractivity contribution in [2.24, 2.45) is 5.92 Å². The molecule has 0 radical (unpaired) electrons. The van der Waals surface area contributed by atoms with Gasteiger partial charge in [0.05, 0.1) is 5.25 Å². The van der Waals surface area contributed by atoms with Crippen LogP contribution in [0, 0.1) is 5.92 Å². The molecular formula is C13H28N2O2S. The molecule has 1 rings (SSSR count). The second-order valence-electron chi connectivity index (χ2n) is 5.89. The third-order valence-electron chi connectivity index (χ3n) is 3.96. The van der Waals surface area contributed by atoms with E-state index in [9.17, 15) is 8.42 Å². The summed E-state index contributed by atoms with van der Waals surface area (Å²) in [5, 5.41) is 2.86. The Kier molecular flexibility index (Phi) is 5.62. The van der Waals surface area contributed by atoms with Crippen LogP contribution < -0.4 is 5.32 Å². The Balaban J connectivity index is 2.72. The van der Waals surface area contributed by atoms with Gasteiger partial charge in [-0.05, 0) is 32.6 Å². The van der Waals surface area contributed by atoms with E-state index in [2.05, 4.69) is 12.2 Å². The molecule has 0 saturated carbocycles. The van der Waals surface area contributed by atoms with Crippen molar-refractivity contribution in [3.63, 3.8) is 0 Å². The maximum atomic E-state index is 12.5. The van der Waals surface area contributed by atoms with E-state index >= 15 is 0 Å². The smallest absolute Gasteiger partial charge is 0.218 e. The summed E-state index contributed by atoms with van der Waals surface area (Å²) in [5.74, 6) is 0.457. The van der Waals surface area contributed by atoms with Crippen LogP contribution >= 0.6 is 0 Å². The molecule has 0 spiro atoms. The molecule has 1 fully saturated rings. The van der Waals surface area contributed by atoms with Gasteiger partial charge in [0.1, 0.15) is 0 Å². The van der Waals surface area contributed by atoms with Gasteiger partial charge in [0.2, 0.25) is 10.0 Å². The van der Waals surface area contributed by atoms with Crippen molar-refractivity contribution in [1.29, 1.82) is 0 Å². The minimum atomic E-state index is -3.17. The standard InChI is InChI=1S/C13H28N2O2S/c1-10(2)14-9-12(4)18(16,17)15-8-6-7-11(3)13(15)5/h10-14H,6-9H2,1-5H3. The summed E-state index contributed by atoms with van der Waals surface area (Å²) in [7, 11) is -3.17. The minimum absolute atomic E-state index is 0.130. The van der Waals surface area contributed by atoms with Gasteiger partial charge in [-0.15, -0.1) is 0 Å². The first-order valence-electron chi connectivity index (χ1n) is 7.00. The first-order chi connectivity index (χ1) is 8.26. The van der Waals surface area contributed by atoms with Gasteiger partial charge in [-0.3, -0.25) is 0 Å². The normalized spacial score (nSPS) is 28.6. The molecule has 108 valence electrons. The van der Waals surface area contributed by atoms with Crippen LogP contribution in [0.25, 0.3) is 0 Å². The molecule has 1 N–H and O–H groups in total. The summed E-state index contributed by atoms with van der Waals surface area (Å²) < 4.78 is 26.8. The molecule has 0 aromatic carbocycles. The van der Waals surface area contributed by atoms with Crippen LogP contribution in [0.4, 0.5) is 0 Å². The van der Waals surface area contributed by atoms with Crippen LogP contribution in [0.5, 0.6) is 0 Å². The highest BCUT2D eigenvalue weighted by Gasteiger charge is 2.36. The summed E-state index contributed by atoms with van der Waals surface area (Å²) >= 11 is 0. The summed E-state index contributed by atoms with van der Waals surface area (Å²) in [6, 6.07) is 0.450. The average Bonchev–Trinajstić information content (AvgIpc) is 2.29. The lowest BCUT2D eigenvalue weighted by Gasteiger charge is -2.38. The van der Waals surface area contributed by atoms with Crippen LogP contribution in [0.1, 0.15) is 47.5 Å². The first kappa shape index (κ1) is 15.9. The number of nitrogens with one attached hydrogen (secondary N) is 1. The maximum Gasteiger partial charge on any atom is 0.218 e. The highest BCUT2D eigenvalue weighted by Crippen LogP contribution is 2.26. The molecule has 18 heavy (non-hydrogen) atoms. The van der Waals surface area contributed by atoms with Gasteiger partial charge in [-0.2, -0.15) is 4.31 Å². The number of piperidine rings is 1. The molecule has 1 aliphatic heterocycles. The Hall–Kier alpha value is -0.130. The van der Waals surface area contributed by atoms with E-state index in [1.807, 2.05) is 20.8 Å². The predicted molar refractivity (Wildman–Crippen MR) is 76.1 cm³/mol. The second-order valence-corrected chi connectivity index (χ2v) is 8.19. The average molecular weight is 276 g/mol. The number of sulfonamides is 1. The van der Waals surface area contributed by atoms with Crippen LogP contribution in [0.3, 0.4) is 0 Å². The SMILES string of the molecule is CC(C)NCC(C)S(=O)(=O)N1CCCC(C)C1C. The van der Waals surface area contributed by atoms with Crippen molar-refractivity contribution < 1.29 is 8.42 Å². The lowest BCUT2D eigenvalue weighted by Crippen LogP contribution is -2.51. The highest BCUT2D eigenvalue weighted by atomic mass is 32.2. The number of rotatable bonds is 5. The van der Waals surface area contributed by atoms with Crippen molar-refractivity contribution in [3.8, 4) is 0 Å². The van der Waals surface area contributed by atoms with E-state index in [4.69, 9.17) is 0 Å². The molecule has 1 aliphatic rings. The fourth-order valence-electron chi connectivity index (χ4n) is 2.39. The molecule has 1 saturated heterocycles. The molecule has 3 atom stereocenters. The molecule has 0 aliphatic carbocycles. The zero-order valence-electron chi connectivity index (χ0n) is 12.3. The van der Waals surface area contributed by atoms with Crippen molar-refractivity contribution in [2.45, 2.75) is 64.8 Å². The van der Waals surface area contributed by atoms with Crippen LogP contribution in [0.2, 0.25) is 0 Å². The zero-order valence-corrected chi connectivity index (χ0v) is 13.1. The predicted octanol–water partition coefficient (Wildman–Crippen LogP) is 1.82. The summed E-state index contributed by atoms with van der Waals surface area (Å²) in [6.45, 7) is 11.2. The number of hydrogen-bond acceptors (Lipinski definition) is 3. The monoisotopic (exact) mass is 276 g/mol. The summed E-state index contributed by atoms with van der Waals surface area (Å²) in [5.41, 5.74) is 0. The molecular weight excluding hydrogens is 248 g/mol. The van der Waals surface area contributed by atoms with Crippen molar-refractivity contribution in [2.75, 3.05) is 13.1 Å². The van der Waals surface area contributed by atoms with Gasteiger partial charge in [-0.1, -0.05) is 20.8 Å². The fraction of sp³-hybridized carbons (Fsp3) is 1.00. The van der Waals surface area contributed by atoms with Gasteiger partial charge < -0.3 is 5.32 Å². The summed E-state index contributed by atoms with van der Waals surface area (Å²) in [6.07, 6.45) is 2.11. The quantitative estimate of drug-likeness (QED) is 0.833. The van der Waals surface area contributed by atoms with Gasteiger partial charge in [0.25, 0.3) is 0 Å². The van der Waals surface area contributed by atoms with Gasteiger partial charge in [0.15, 0.2) is 0 Å². The molecule has 0 aromatic rings. The third kappa shape index (κ3) is 3.68. The van der Waals surface area contributed by atoms with E-state index < -0.39 is 10.0 Å². The van der Waals surface area contributed by atoms with Gasteiger partial charge in [-0.25, -0.2) is 8.42 Å². The van der Waals surface area contributed by atoms with E-state index in [0.29, 0.717) is 25.0 Å². The van der Waals surface area contributed by atoms with E-state index in [1.54, 1.807) is 11.2 Å². The third-order valence-corrected chi connectivity index (χ3v) is 6.32. The summed E-state index contributed by atoms with van der Waals surface area (Å²) in [4.78, 5) is 0.